The predicted octanol–water partition coefficient (Wildman–Crippen LogP) is -0.541. The van der Waals surface area contributed by atoms with Gasteiger partial charge in [-0.25, -0.2) is 0 Å². The van der Waals surface area contributed by atoms with Gasteiger partial charge in [0.2, 0.25) is 0 Å². The molecule has 2 bridgehead atoms. The van der Waals surface area contributed by atoms with E-state index in [0.29, 0.717) is 0 Å². The smallest absolute Gasteiger partial charge is 0.107 e. The van der Waals surface area contributed by atoms with Crippen LogP contribution in [0.15, 0.2) is 12.2 Å². The summed E-state index contributed by atoms with van der Waals surface area (Å²) < 4.78 is 0. The first-order valence-corrected chi connectivity index (χ1v) is 3.37. The van der Waals surface area contributed by atoms with Crippen molar-refractivity contribution in [2.24, 2.45) is 5.92 Å². The Morgan fingerprint density at radius 1 is 1.50 bits per heavy atom. The van der Waals surface area contributed by atoms with Gasteiger partial charge in [-0.2, -0.15) is 0 Å². The lowest BCUT2D eigenvalue weighted by Crippen LogP contribution is -3.11. The van der Waals surface area contributed by atoms with E-state index < -0.39 is 0 Å². The summed E-state index contributed by atoms with van der Waals surface area (Å²) in [7, 11) is 2.29. The van der Waals surface area contributed by atoms with E-state index in [-0.39, 0.29) is 0 Å². The monoisotopic (exact) mass is 110 g/mol. The van der Waals surface area contributed by atoms with Crippen molar-refractivity contribution in [3.05, 3.63) is 12.2 Å². The SMILES string of the molecule is C[NH+]1C[C@H]2C=C[C@@H]1C2. The minimum atomic E-state index is 0.875. The average molecular weight is 110 g/mol. The molecule has 2 rings (SSSR count). The molecule has 0 aromatic rings. The molecule has 0 saturated carbocycles. The Balaban J connectivity index is 2.23. The molecule has 1 saturated heterocycles. The highest BCUT2D eigenvalue weighted by Gasteiger charge is 2.34. The van der Waals surface area contributed by atoms with Crippen LogP contribution in [0.25, 0.3) is 0 Å². The topological polar surface area (TPSA) is 4.44 Å². The minimum absolute atomic E-state index is 0.875. The fourth-order valence-electron chi connectivity index (χ4n) is 1.86. The minimum Gasteiger partial charge on any atom is -0.331 e. The fraction of sp³-hybridized carbons (Fsp3) is 0.714. The quantitative estimate of drug-likeness (QED) is 0.399. The molecule has 1 N–H and O–H groups in total. The van der Waals surface area contributed by atoms with Crippen molar-refractivity contribution >= 4 is 0 Å². The number of hydrogen-bond acceptors (Lipinski definition) is 0. The van der Waals surface area contributed by atoms with Crippen molar-refractivity contribution in [2.75, 3.05) is 13.6 Å². The van der Waals surface area contributed by atoms with Gasteiger partial charge >= 0.3 is 0 Å². The van der Waals surface area contributed by atoms with Gasteiger partial charge in [-0.05, 0) is 6.08 Å². The normalized spacial score (nSPS) is 50.9. The highest BCUT2D eigenvalue weighted by molar-refractivity contribution is 5.05. The van der Waals surface area contributed by atoms with Gasteiger partial charge in [-0.3, -0.25) is 0 Å². The van der Waals surface area contributed by atoms with Crippen LogP contribution in [0, 0.1) is 5.92 Å². The molecular weight excluding hydrogens is 98.1 g/mol. The van der Waals surface area contributed by atoms with E-state index in [0.717, 1.165) is 12.0 Å². The molecule has 44 valence electrons. The zero-order chi connectivity index (χ0) is 5.56. The van der Waals surface area contributed by atoms with Crippen LogP contribution in [0.1, 0.15) is 6.42 Å². The zero-order valence-corrected chi connectivity index (χ0v) is 5.22. The summed E-state index contributed by atoms with van der Waals surface area (Å²) in [5.41, 5.74) is 0. The molecule has 2 aliphatic rings. The molecule has 1 aliphatic carbocycles. The summed E-state index contributed by atoms with van der Waals surface area (Å²) in [6, 6.07) is 0.875. The number of fused-ring (bicyclic) bond motifs is 2. The lowest BCUT2D eigenvalue weighted by Gasteiger charge is -2.13. The maximum absolute atomic E-state index is 2.37. The Labute approximate surface area is 50.0 Å². The van der Waals surface area contributed by atoms with E-state index in [1.807, 2.05) is 0 Å². The number of nitrogens with one attached hydrogen (secondary N) is 1. The van der Waals surface area contributed by atoms with Crippen LogP contribution >= 0.6 is 0 Å². The first-order chi connectivity index (χ1) is 3.86. The second-order valence-corrected chi connectivity index (χ2v) is 3.04. The largest absolute Gasteiger partial charge is 0.331 e. The van der Waals surface area contributed by atoms with Crippen LogP contribution in [-0.2, 0) is 0 Å². The lowest BCUT2D eigenvalue weighted by molar-refractivity contribution is -0.887. The third kappa shape index (κ3) is 0.451. The summed E-state index contributed by atoms with van der Waals surface area (Å²) in [6.07, 6.45) is 6.16. The van der Waals surface area contributed by atoms with Gasteiger partial charge in [0.1, 0.15) is 6.04 Å². The third-order valence-corrected chi connectivity index (χ3v) is 2.39. The lowest BCUT2D eigenvalue weighted by atomic mass is 10.2. The molecule has 0 aromatic carbocycles. The van der Waals surface area contributed by atoms with E-state index >= 15 is 0 Å². The van der Waals surface area contributed by atoms with Gasteiger partial charge in [-0.15, -0.1) is 0 Å². The molecule has 8 heavy (non-hydrogen) atoms. The molecule has 3 atom stereocenters. The third-order valence-electron chi connectivity index (χ3n) is 2.39. The average Bonchev–Trinajstić information content (AvgIpc) is 2.23. The van der Waals surface area contributed by atoms with Crippen molar-refractivity contribution < 1.29 is 4.90 Å². The number of likely N-dealkylation sites (tertiary alicyclic amines) is 1. The van der Waals surface area contributed by atoms with Gasteiger partial charge in [0.05, 0.1) is 13.6 Å². The molecule has 1 aliphatic heterocycles. The van der Waals surface area contributed by atoms with Crippen LogP contribution in [0.3, 0.4) is 0 Å². The number of hydrogen-bond donors (Lipinski definition) is 1. The van der Waals surface area contributed by atoms with E-state index in [1.165, 1.54) is 13.0 Å². The second-order valence-electron chi connectivity index (χ2n) is 3.04. The Morgan fingerprint density at radius 2 is 2.38 bits per heavy atom. The molecule has 1 fully saturated rings. The van der Waals surface area contributed by atoms with Gasteiger partial charge in [-0.1, -0.05) is 6.08 Å². The van der Waals surface area contributed by atoms with E-state index in [1.54, 1.807) is 4.90 Å². The molecule has 0 aromatic heterocycles. The Kier molecular flexibility index (Phi) is 0.770. The standard InChI is InChI=1S/C7H11N/c1-8-5-6-2-3-7(8)4-6/h2-3,6-7H,4-5H2,1H3/p+1/t6-,7+/m0/s1. The number of rotatable bonds is 0. The summed E-state index contributed by atoms with van der Waals surface area (Å²) in [5.74, 6) is 0.931. The number of quaternary nitrogens is 1. The van der Waals surface area contributed by atoms with Crippen LogP contribution < -0.4 is 4.90 Å². The first kappa shape index (κ1) is 4.57. The van der Waals surface area contributed by atoms with Crippen molar-refractivity contribution in [1.29, 1.82) is 0 Å². The van der Waals surface area contributed by atoms with Gasteiger partial charge < -0.3 is 4.90 Å². The highest BCUT2D eigenvalue weighted by Crippen LogP contribution is 2.18. The second kappa shape index (κ2) is 1.35. The summed E-state index contributed by atoms with van der Waals surface area (Å²) in [4.78, 5) is 1.71. The molecule has 0 spiro atoms. The Bertz CT molecular complexity index is 128. The van der Waals surface area contributed by atoms with Crippen molar-refractivity contribution in [1.82, 2.24) is 0 Å². The maximum Gasteiger partial charge on any atom is 0.107 e. The summed E-state index contributed by atoms with van der Waals surface area (Å²) in [6.45, 7) is 1.38. The number of likely N-dealkylation sites (N-methyl/N-ethyl adjacent to an activating group) is 1. The van der Waals surface area contributed by atoms with E-state index in [4.69, 9.17) is 0 Å². The molecule has 1 unspecified atom stereocenters. The zero-order valence-electron chi connectivity index (χ0n) is 5.22. The van der Waals surface area contributed by atoms with Crippen LogP contribution in [0.2, 0.25) is 0 Å². The summed E-state index contributed by atoms with van der Waals surface area (Å²) >= 11 is 0. The van der Waals surface area contributed by atoms with Crippen molar-refractivity contribution in [3.63, 3.8) is 0 Å². The highest BCUT2D eigenvalue weighted by atomic mass is 15.2. The van der Waals surface area contributed by atoms with Crippen molar-refractivity contribution in [3.8, 4) is 0 Å². The molecule has 0 amide bonds. The van der Waals surface area contributed by atoms with Crippen molar-refractivity contribution in [2.45, 2.75) is 12.5 Å². The van der Waals surface area contributed by atoms with E-state index in [9.17, 15) is 0 Å². The van der Waals surface area contributed by atoms with Gasteiger partial charge in [0.15, 0.2) is 0 Å². The molecule has 1 heteroatoms. The maximum atomic E-state index is 2.37. The van der Waals surface area contributed by atoms with Crippen LogP contribution in [-0.4, -0.2) is 19.6 Å². The van der Waals surface area contributed by atoms with Crippen LogP contribution in [0.5, 0.6) is 0 Å². The van der Waals surface area contributed by atoms with Gasteiger partial charge in [0, 0.05) is 12.3 Å². The van der Waals surface area contributed by atoms with Gasteiger partial charge in [0.25, 0.3) is 0 Å². The fourth-order valence-corrected chi connectivity index (χ4v) is 1.86. The predicted molar refractivity (Wildman–Crippen MR) is 32.8 cm³/mol. The Morgan fingerprint density at radius 3 is 2.62 bits per heavy atom. The molecule has 1 nitrogen and oxygen atoms in total. The van der Waals surface area contributed by atoms with E-state index in [2.05, 4.69) is 19.2 Å². The Hall–Kier alpha value is -0.300. The summed E-state index contributed by atoms with van der Waals surface area (Å²) in [5, 5.41) is 0. The molecular formula is C7H12N+. The molecule has 1 heterocycles. The first-order valence-electron chi connectivity index (χ1n) is 3.37. The molecule has 0 radical (unpaired) electrons. The van der Waals surface area contributed by atoms with Crippen LogP contribution in [0.4, 0.5) is 0 Å².